The van der Waals surface area contributed by atoms with Gasteiger partial charge in [-0.25, -0.2) is 9.18 Å². The molecule has 0 heterocycles. The fourth-order valence-corrected chi connectivity index (χ4v) is 1.83. The summed E-state index contributed by atoms with van der Waals surface area (Å²) in [7, 11) is 0. The zero-order chi connectivity index (χ0) is 12.9. The van der Waals surface area contributed by atoms with Gasteiger partial charge in [-0.1, -0.05) is 0 Å². The number of hydrogen-bond donors (Lipinski definition) is 4. The van der Waals surface area contributed by atoms with Gasteiger partial charge in [0.05, 0.1) is 0 Å². The molecule has 1 aliphatic rings. The molecular formula is C9H14FN3O4. The number of amides is 3. The molecule has 1 rings (SSSR count). The van der Waals surface area contributed by atoms with E-state index in [1.54, 1.807) is 0 Å². The first-order valence-electron chi connectivity index (χ1n) is 5.16. The summed E-state index contributed by atoms with van der Waals surface area (Å²) in [6.45, 7) is 0. The smallest absolute Gasteiger partial charge is 0.404 e. The molecule has 0 aromatic heterocycles. The van der Waals surface area contributed by atoms with Gasteiger partial charge in [-0.05, 0) is 25.7 Å². The molecule has 1 fully saturated rings. The molecule has 7 nitrogen and oxygen atoms in total. The molecule has 8 heteroatoms. The number of carboxylic acid groups (broad SMARTS) is 1. The lowest BCUT2D eigenvalue weighted by atomic mass is 9.83. The van der Waals surface area contributed by atoms with Crippen molar-refractivity contribution < 1.29 is 23.9 Å². The quantitative estimate of drug-likeness (QED) is 0.403. The first-order valence-corrected chi connectivity index (χ1v) is 5.16. The molecule has 17 heavy (non-hydrogen) atoms. The Labute approximate surface area is 96.7 Å². The summed E-state index contributed by atoms with van der Waals surface area (Å²) in [4.78, 5) is 31.7. The molecule has 0 bridgehead atoms. The van der Waals surface area contributed by atoms with E-state index in [-0.39, 0.29) is 38.1 Å². The second-order valence-electron chi connectivity index (χ2n) is 3.91. The van der Waals surface area contributed by atoms with E-state index in [0.29, 0.717) is 0 Å². The SMILES string of the molecule is O=CNNC(=O)C1(F)CCC(NC(=O)O)CC1. The number of carbonyl (C=O) groups excluding carboxylic acids is 2. The Morgan fingerprint density at radius 2 is 1.94 bits per heavy atom. The Bertz CT molecular complexity index is 315. The van der Waals surface area contributed by atoms with Crippen LogP contribution in [0.4, 0.5) is 9.18 Å². The van der Waals surface area contributed by atoms with Gasteiger partial charge in [0, 0.05) is 6.04 Å². The van der Waals surface area contributed by atoms with Crippen molar-refractivity contribution >= 4 is 18.4 Å². The third kappa shape index (κ3) is 3.58. The maximum absolute atomic E-state index is 14.1. The fraction of sp³-hybridized carbons (Fsp3) is 0.667. The van der Waals surface area contributed by atoms with Gasteiger partial charge in [-0.2, -0.15) is 0 Å². The predicted molar refractivity (Wildman–Crippen MR) is 54.6 cm³/mol. The lowest BCUT2D eigenvalue weighted by molar-refractivity contribution is -0.137. The van der Waals surface area contributed by atoms with Crippen molar-refractivity contribution in [2.45, 2.75) is 37.4 Å². The van der Waals surface area contributed by atoms with E-state index in [1.165, 1.54) is 0 Å². The van der Waals surface area contributed by atoms with Gasteiger partial charge in [0.2, 0.25) is 6.41 Å². The number of carbonyl (C=O) groups is 3. The van der Waals surface area contributed by atoms with Gasteiger partial charge in [-0.3, -0.25) is 20.4 Å². The molecule has 0 unspecified atom stereocenters. The zero-order valence-corrected chi connectivity index (χ0v) is 9.03. The average Bonchev–Trinajstić information content (AvgIpc) is 2.28. The second-order valence-corrected chi connectivity index (χ2v) is 3.91. The van der Waals surface area contributed by atoms with E-state index in [0.717, 1.165) is 0 Å². The number of alkyl halides is 1. The summed E-state index contributed by atoms with van der Waals surface area (Å²) in [5.74, 6) is -0.904. The van der Waals surface area contributed by atoms with E-state index in [2.05, 4.69) is 5.32 Å². The highest BCUT2D eigenvalue weighted by atomic mass is 19.1. The van der Waals surface area contributed by atoms with Crippen LogP contribution in [0.5, 0.6) is 0 Å². The minimum absolute atomic E-state index is 0.0791. The van der Waals surface area contributed by atoms with Crippen LogP contribution < -0.4 is 16.2 Å². The number of halogens is 1. The topological polar surface area (TPSA) is 108 Å². The van der Waals surface area contributed by atoms with Crippen LogP contribution in [0, 0.1) is 0 Å². The van der Waals surface area contributed by atoms with E-state index in [1.807, 2.05) is 10.9 Å². The fourth-order valence-electron chi connectivity index (χ4n) is 1.83. The van der Waals surface area contributed by atoms with Crippen LogP contribution in [0.3, 0.4) is 0 Å². The largest absolute Gasteiger partial charge is 0.465 e. The molecular weight excluding hydrogens is 233 g/mol. The molecule has 0 radical (unpaired) electrons. The van der Waals surface area contributed by atoms with Gasteiger partial charge in [-0.15, -0.1) is 0 Å². The Hall–Kier alpha value is -1.86. The van der Waals surface area contributed by atoms with Crippen LogP contribution in [0.25, 0.3) is 0 Å². The summed E-state index contributed by atoms with van der Waals surface area (Å²) in [6.07, 6.45) is -0.587. The monoisotopic (exact) mass is 247 g/mol. The summed E-state index contributed by atoms with van der Waals surface area (Å²) >= 11 is 0. The van der Waals surface area contributed by atoms with Crippen LogP contribution in [-0.4, -0.2) is 35.2 Å². The number of nitrogens with one attached hydrogen (secondary N) is 3. The van der Waals surface area contributed by atoms with Crippen molar-refractivity contribution in [2.75, 3.05) is 0 Å². The Balaban J connectivity index is 2.45. The highest BCUT2D eigenvalue weighted by Gasteiger charge is 2.42. The maximum atomic E-state index is 14.1. The molecule has 4 N–H and O–H groups in total. The van der Waals surface area contributed by atoms with E-state index < -0.39 is 17.7 Å². The van der Waals surface area contributed by atoms with Gasteiger partial charge in [0.15, 0.2) is 5.67 Å². The van der Waals surface area contributed by atoms with E-state index >= 15 is 0 Å². The van der Waals surface area contributed by atoms with E-state index in [4.69, 9.17) is 5.11 Å². The summed E-state index contributed by atoms with van der Waals surface area (Å²) < 4.78 is 14.1. The predicted octanol–water partition coefficient (Wildman–Crippen LogP) is -0.318. The van der Waals surface area contributed by atoms with Crippen molar-refractivity contribution in [2.24, 2.45) is 0 Å². The van der Waals surface area contributed by atoms with Crippen molar-refractivity contribution in [1.82, 2.24) is 16.2 Å². The molecule has 0 aliphatic heterocycles. The third-order valence-corrected chi connectivity index (χ3v) is 2.76. The minimum Gasteiger partial charge on any atom is -0.465 e. The van der Waals surface area contributed by atoms with Crippen molar-refractivity contribution in [3.8, 4) is 0 Å². The molecule has 0 spiro atoms. The lowest BCUT2D eigenvalue weighted by Crippen LogP contribution is -2.52. The van der Waals surface area contributed by atoms with Crippen LogP contribution in [0.2, 0.25) is 0 Å². The van der Waals surface area contributed by atoms with Gasteiger partial charge in [0.25, 0.3) is 5.91 Å². The molecule has 1 aliphatic carbocycles. The maximum Gasteiger partial charge on any atom is 0.404 e. The molecule has 0 aromatic carbocycles. The molecule has 0 saturated heterocycles. The number of rotatable bonds is 4. The first kappa shape index (κ1) is 13.2. The summed E-state index contributed by atoms with van der Waals surface area (Å²) in [5.41, 5.74) is 1.76. The molecule has 0 atom stereocenters. The van der Waals surface area contributed by atoms with Crippen LogP contribution in [0.15, 0.2) is 0 Å². The van der Waals surface area contributed by atoms with Crippen molar-refractivity contribution in [1.29, 1.82) is 0 Å². The van der Waals surface area contributed by atoms with Gasteiger partial charge >= 0.3 is 6.09 Å². The van der Waals surface area contributed by atoms with Crippen molar-refractivity contribution in [3.63, 3.8) is 0 Å². The van der Waals surface area contributed by atoms with Crippen LogP contribution in [-0.2, 0) is 9.59 Å². The van der Waals surface area contributed by atoms with Crippen LogP contribution in [0.1, 0.15) is 25.7 Å². The highest BCUT2D eigenvalue weighted by molar-refractivity contribution is 5.85. The minimum atomic E-state index is -2.05. The highest BCUT2D eigenvalue weighted by Crippen LogP contribution is 2.32. The van der Waals surface area contributed by atoms with Crippen LogP contribution >= 0.6 is 0 Å². The van der Waals surface area contributed by atoms with Crippen molar-refractivity contribution in [3.05, 3.63) is 0 Å². The number of hydrogen-bond acceptors (Lipinski definition) is 3. The Morgan fingerprint density at radius 3 is 2.41 bits per heavy atom. The Kier molecular flexibility index (Phi) is 4.24. The molecule has 3 amide bonds. The normalized spacial score (nSPS) is 27.9. The molecule has 1 saturated carbocycles. The molecule has 96 valence electrons. The third-order valence-electron chi connectivity index (χ3n) is 2.76. The van der Waals surface area contributed by atoms with Gasteiger partial charge in [0.1, 0.15) is 0 Å². The summed E-state index contributed by atoms with van der Waals surface area (Å²) in [5, 5.41) is 10.7. The summed E-state index contributed by atoms with van der Waals surface area (Å²) in [6, 6.07) is -0.330. The second kappa shape index (κ2) is 5.46. The average molecular weight is 247 g/mol. The Morgan fingerprint density at radius 1 is 1.35 bits per heavy atom. The number of hydrazine groups is 1. The zero-order valence-electron chi connectivity index (χ0n) is 9.03. The lowest BCUT2D eigenvalue weighted by Gasteiger charge is -2.32. The van der Waals surface area contributed by atoms with E-state index in [9.17, 15) is 18.8 Å². The first-order chi connectivity index (χ1) is 7.98. The standard InChI is InChI=1S/C9H14FN3O4/c10-9(7(15)13-11-5-14)3-1-6(2-4-9)12-8(16)17/h5-6,12H,1-4H2,(H,11,14)(H,13,15)(H,16,17). The van der Waals surface area contributed by atoms with Gasteiger partial charge < -0.3 is 10.4 Å². The molecule has 0 aromatic rings.